The van der Waals surface area contributed by atoms with Gasteiger partial charge in [-0.3, -0.25) is 0 Å². The van der Waals surface area contributed by atoms with Gasteiger partial charge in [-0.25, -0.2) is 0 Å². The molecule has 0 radical (unpaired) electrons. The Balaban J connectivity index is 2.94. The van der Waals surface area contributed by atoms with Gasteiger partial charge >= 0.3 is 5.38 Å². The first-order chi connectivity index (χ1) is 7.46. The molecular formula is C11H13ClF2O2. The number of halogens is 3. The molecule has 1 aromatic carbocycles. The van der Waals surface area contributed by atoms with Crippen molar-refractivity contribution in [3.8, 4) is 5.75 Å². The van der Waals surface area contributed by atoms with Gasteiger partial charge in [-0.15, -0.1) is 0 Å². The molecule has 2 nitrogen and oxygen atoms in total. The van der Waals surface area contributed by atoms with Gasteiger partial charge in [0.25, 0.3) is 0 Å². The van der Waals surface area contributed by atoms with E-state index >= 15 is 0 Å². The van der Waals surface area contributed by atoms with Gasteiger partial charge in [-0.1, -0.05) is 25.1 Å². The van der Waals surface area contributed by atoms with Crippen molar-refractivity contribution in [3.63, 3.8) is 0 Å². The van der Waals surface area contributed by atoms with Crippen molar-refractivity contribution in [2.75, 3.05) is 6.61 Å². The number of aliphatic hydroxyl groups is 1. The molecule has 0 fully saturated rings. The quantitative estimate of drug-likeness (QED) is 0.812. The van der Waals surface area contributed by atoms with Gasteiger partial charge in [-0.05, 0) is 24.1 Å². The number of alkyl halides is 3. The smallest absolute Gasteiger partial charge is 0.351 e. The van der Waals surface area contributed by atoms with Gasteiger partial charge in [0.15, 0.2) is 6.10 Å². The molecule has 0 amide bonds. The highest BCUT2D eigenvalue weighted by Crippen LogP contribution is 2.38. The van der Waals surface area contributed by atoms with Gasteiger partial charge in [0.2, 0.25) is 0 Å². The molecule has 0 bridgehead atoms. The van der Waals surface area contributed by atoms with E-state index in [1.807, 2.05) is 6.92 Å². The van der Waals surface area contributed by atoms with Crippen LogP contribution in [-0.2, 0) is 0 Å². The topological polar surface area (TPSA) is 29.5 Å². The summed E-state index contributed by atoms with van der Waals surface area (Å²) in [5, 5.41) is 5.67. The lowest BCUT2D eigenvalue weighted by atomic mass is 10.1. The molecule has 0 aromatic heterocycles. The fraction of sp³-hybridized carbons (Fsp3) is 0.455. The Kier molecular flexibility index (Phi) is 4.50. The highest BCUT2D eigenvalue weighted by molar-refractivity contribution is 6.22. The standard InChI is InChI=1S/C11H13ClF2O2/c1-2-7-16-9-6-4-3-5-8(9)10(15)11(12,13)14/h3-6,10,15H,2,7H2,1H3. The molecule has 0 heterocycles. The third-order valence-corrected chi connectivity index (χ3v) is 2.19. The molecule has 0 spiro atoms. The molecule has 1 unspecified atom stereocenters. The highest BCUT2D eigenvalue weighted by Gasteiger charge is 2.38. The summed E-state index contributed by atoms with van der Waals surface area (Å²) in [6.07, 6.45) is -1.32. The van der Waals surface area contributed by atoms with Crippen LogP contribution in [0.3, 0.4) is 0 Å². The van der Waals surface area contributed by atoms with Crippen molar-refractivity contribution in [1.29, 1.82) is 0 Å². The molecule has 0 aliphatic heterocycles. The molecule has 0 saturated carbocycles. The van der Waals surface area contributed by atoms with Crippen molar-refractivity contribution < 1.29 is 18.6 Å². The minimum atomic E-state index is -3.70. The van der Waals surface area contributed by atoms with Crippen LogP contribution >= 0.6 is 11.6 Å². The average Bonchev–Trinajstić information content (AvgIpc) is 2.24. The van der Waals surface area contributed by atoms with E-state index in [4.69, 9.17) is 16.3 Å². The van der Waals surface area contributed by atoms with Crippen molar-refractivity contribution in [2.24, 2.45) is 0 Å². The minimum Gasteiger partial charge on any atom is -0.493 e. The zero-order valence-corrected chi connectivity index (χ0v) is 9.55. The lowest BCUT2D eigenvalue weighted by Crippen LogP contribution is -2.19. The largest absolute Gasteiger partial charge is 0.493 e. The van der Waals surface area contributed by atoms with E-state index in [0.29, 0.717) is 6.61 Å². The van der Waals surface area contributed by atoms with Gasteiger partial charge in [0.1, 0.15) is 5.75 Å². The summed E-state index contributed by atoms with van der Waals surface area (Å²) in [5.41, 5.74) is -0.00375. The Morgan fingerprint density at radius 3 is 2.62 bits per heavy atom. The molecule has 0 aliphatic carbocycles. The van der Waals surface area contributed by atoms with Crippen LogP contribution in [0.1, 0.15) is 25.0 Å². The van der Waals surface area contributed by atoms with E-state index in [1.165, 1.54) is 12.1 Å². The zero-order chi connectivity index (χ0) is 12.2. The number of ether oxygens (including phenoxy) is 1. The molecule has 16 heavy (non-hydrogen) atoms. The fourth-order valence-electron chi connectivity index (χ4n) is 1.23. The van der Waals surface area contributed by atoms with Crippen LogP contribution < -0.4 is 4.74 Å². The van der Waals surface area contributed by atoms with Crippen LogP contribution in [-0.4, -0.2) is 17.1 Å². The molecule has 1 rings (SSSR count). The number of para-hydroxylation sites is 1. The van der Waals surface area contributed by atoms with Crippen LogP contribution in [0.2, 0.25) is 0 Å². The SMILES string of the molecule is CCCOc1ccccc1C(O)C(F)(F)Cl. The van der Waals surface area contributed by atoms with Crippen molar-refractivity contribution in [1.82, 2.24) is 0 Å². The van der Waals surface area contributed by atoms with Crippen LogP contribution in [0.5, 0.6) is 5.75 Å². The van der Waals surface area contributed by atoms with Crippen molar-refractivity contribution in [2.45, 2.75) is 24.8 Å². The van der Waals surface area contributed by atoms with E-state index in [2.05, 4.69) is 0 Å². The Morgan fingerprint density at radius 2 is 2.06 bits per heavy atom. The average molecular weight is 251 g/mol. The van der Waals surface area contributed by atoms with E-state index in [9.17, 15) is 13.9 Å². The number of benzene rings is 1. The second kappa shape index (κ2) is 5.46. The minimum absolute atomic E-state index is 0.00375. The summed E-state index contributed by atoms with van der Waals surface area (Å²) in [5.74, 6) is 0.233. The predicted molar refractivity (Wildman–Crippen MR) is 58.0 cm³/mol. The number of rotatable bonds is 5. The maximum Gasteiger partial charge on any atom is 0.351 e. The van der Waals surface area contributed by atoms with Crippen LogP contribution in [0.4, 0.5) is 8.78 Å². The van der Waals surface area contributed by atoms with Gasteiger partial charge < -0.3 is 9.84 Å². The summed E-state index contributed by atoms with van der Waals surface area (Å²) in [6.45, 7) is 2.30. The number of hydrogen-bond donors (Lipinski definition) is 1. The van der Waals surface area contributed by atoms with E-state index in [0.717, 1.165) is 6.42 Å². The Hall–Kier alpha value is -0.870. The summed E-state index contributed by atoms with van der Waals surface area (Å²) >= 11 is 4.79. The second-order valence-corrected chi connectivity index (χ2v) is 3.83. The third kappa shape index (κ3) is 3.32. The molecule has 5 heteroatoms. The first kappa shape index (κ1) is 13.2. The normalized spacial score (nSPS) is 13.6. The first-order valence-electron chi connectivity index (χ1n) is 4.93. The van der Waals surface area contributed by atoms with Crippen LogP contribution in [0, 0.1) is 0 Å². The van der Waals surface area contributed by atoms with E-state index in [-0.39, 0.29) is 11.3 Å². The molecule has 1 atom stereocenters. The molecular weight excluding hydrogens is 238 g/mol. The fourth-order valence-corrected chi connectivity index (χ4v) is 1.34. The summed E-state index contributed by atoms with van der Waals surface area (Å²) < 4.78 is 30.8. The van der Waals surface area contributed by atoms with Gasteiger partial charge in [0, 0.05) is 5.56 Å². The summed E-state index contributed by atoms with van der Waals surface area (Å²) in [4.78, 5) is 0. The molecule has 1 N–H and O–H groups in total. The van der Waals surface area contributed by atoms with E-state index in [1.54, 1.807) is 12.1 Å². The number of hydrogen-bond acceptors (Lipinski definition) is 2. The molecule has 1 aromatic rings. The highest BCUT2D eigenvalue weighted by atomic mass is 35.5. The maximum atomic E-state index is 12.8. The third-order valence-electron chi connectivity index (χ3n) is 1.99. The Morgan fingerprint density at radius 1 is 1.44 bits per heavy atom. The van der Waals surface area contributed by atoms with Crippen LogP contribution in [0.25, 0.3) is 0 Å². The lowest BCUT2D eigenvalue weighted by Gasteiger charge is -2.19. The van der Waals surface area contributed by atoms with Crippen molar-refractivity contribution >= 4 is 11.6 Å². The molecule has 0 aliphatic rings. The lowest BCUT2D eigenvalue weighted by molar-refractivity contribution is -0.0436. The maximum absolute atomic E-state index is 12.8. The summed E-state index contributed by atoms with van der Waals surface area (Å²) in [7, 11) is 0. The number of aliphatic hydroxyl groups excluding tert-OH is 1. The van der Waals surface area contributed by atoms with Crippen molar-refractivity contribution in [3.05, 3.63) is 29.8 Å². The molecule has 90 valence electrons. The monoisotopic (exact) mass is 250 g/mol. The van der Waals surface area contributed by atoms with E-state index < -0.39 is 11.5 Å². The second-order valence-electron chi connectivity index (χ2n) is 3.33. The Bertz CT molecular complexity index is 339. The molecule has 0 saturated heterocycles. The summed E-state index contributed by atoms with van der Waals surface area (Å²) in [6, 6.07) is 6.08. The van der Waals surface area contributed by atoms with Gasteiger partial charge in [-0.2, -0.15) is 8.78 Å². The first-order valence-corrected chi connectivity index (χ1v) is 5.31. The predicted octanol–water partition coefficient (Wildman–Crippen LogP) is 3.34. The Labute approximate surface area is 97.8 Å². The van der Waals surface area contributed by atoms with Crippen LogP contribution in [0.15, 0.2) is 24.3 Å². The van der Waals surface area contributed by atoms with Gasteiger partial charge in [0.05, 0.1) is 6.61 Å². The zero-order valence-electron chi connectivity index (χ0n) is 8.79.